The van der Waals surface area contributed by atoms with E-state index >= 15 is 0 Å². The third-order valence-electron chi connectivity index (χ3n) is 12.9. The number of hydrogen-bond donors (Lipinski definition) is 4. The van der Waals surface area contributed by atoms with Crippen LogP contribution in [0.5, 0.6) is 0 Å². The number of esters is 1. The van der Waals surface area contributed by atoms with Gasteiger partial charge >= 0.3 is 16.4 Å². The van der Waals surface area contributed by atoms with E-state index in [0.29, 0.717) is 13.0 Å². The van der Waals surface area contributed by atoms with Crippen LogP contribution in [0.25, 0.3) is 0 Å². The molecule has 66 heavy (non-hydrogen) atoms. The van der Waals surface area contributed by atoms with Gasteiger partial charge in [0.1, 0.15) is 30.5 Å². The second-order valence-electron chi connectivity index (χ2n) is 19.2. The summed E-state index contributed by atoms with van der Waals surface area (Å²) in [6.45, 7) is 4.04. The molecule has 0 radical (unpaired) electrons. The van der Waals surface area contributed by atoms with Crippen LogP contribution < -0.4 is 0 Å². The summed E-state index contributed by atoms with van der Waals surface area (Å²) in [6.07, 6.45) is 42.5. The van der Waals surface area contributed by atoms with Crippen molar-refractivity contribution in [2.24, 2.45) is 0 Å². The van der Waals surface area contributed by atoms with E-state index in [1.54, 1.807) is 0 Å². The molecule has 1 rings (SSSR count). The Hall–Kier alpha value is -1.16. The number of aliphatic hydroxyl groups excluding tert-OH is 3. The Morgan fingerprint density at radius 3 is 1.36 bits per heavy atom. The minimum Gasteiger partial charge on any atom is -0.457 e. The third kappa shape index (κ3) is 37.7. The summed E-state index contributed by atoms with van der Waals surface area (Å²) in [5.74, 6) is -0.398. The lowest BCUT2D eigenvalue weighted by Crippen LogP contribution is -2.60. The van der Waals surface area contributed by atoms with Gasteiger partial charge < -0.3 is 34.3 Å². The highest BCUT2D eigenvalue weighted by Gasteiger charge is 2.48. The third-order valence-corrected chi connectivity index (χ3v) is 13.4. The van der Waals surface area contributed by atoms with Gasteiger partial charge in [-0.3, -0.25) is 9.35 Å². The predicted octanol–water partition coefficient (Wildman–Crippen LogP) is 13.0. The number of carbonyl (C=O) groups is 1. The second-order valence-corrected chi connectivity index (χ2v) is 20.2. The van der Waals surface area contributed by atoms with Crippen molar-refractivity contribution in [3.63, 3.8) is 0 Å². The zero-order chi connectivity index (χ0) is 48.2. The lowest BCUT2D eigenvalue weighted by molar-refractivity contribution is -0.301. The predicted molar refractivity (Wildman–Crippen MR) is 267 cm³/mol. The fourth-order valence-electron chi connectivity index (χ4n) is 8.73. The monoisotopic (exact) mass is 963 g/mol. The summed E-state index contributed by atoms with van der Waals surface area (Å²) in [5, 5.41) is 30.8. The van der Waals surface area contributed by atoms with Crippen LogP contribution in [-0.2, 0) is 38.3 Å². The lowest BCUT2D eigenvalue weighted by Gasteiger charge is -2.41. The van der Waals surface area contributed by atoms with Gasteiger partial charge in [0.15, 0.2) is 6.29 Å². The van der Waals surface area contributed by atoms with Gasteiger partial charge in [0.2, 0.25) is 0 Å². The number of unbranched alkanes of at least 4 members (excludes halogenated alkanes) is 34. The van der Waals surface area contributed by atoms with E-state index in [4.69, 9.17) is 18.9 Å². The van der Waals surface area contributed by atoms with Crippen molar-refractivity contribution in [2.45, 2.75) is 295 Å². The molecule has 1 fully saturated rings. The molecule has 1 aliphatic heterocycles. The van der Waals surface area contributed by atoms with Crippen LogP contribution in [0.15, 0.2) is 12.2 Å². The number of allylic oxidation sites excluding steroid dienone is 2. The number of aliphatic hydroxyl groups is 3. The molecule has 0 aliphatic carbocycles. The second kappa shape index (κ2) is 45.0. The van der Waals surface area contributed by atoms with Crippen molar-refractivity contribution < 1.29 is 56.2 Å². The molecule has 1 heterocycles. The molecule has 1 saturated heterocycles. The number of rotatable bonds is 49. The van der Waals surface area contributed by atoms with Gasteiger partial charge in [-0.05, 0) is 38.5 Å². The highest BCUT2D eigenvalue weighted by atomic mass is 32.3. The van der Waals surface area contributed by atoms with Crippen molar-refractivity contribution in [1.82, 2.24) is 0 Å². The summed E-state index contributed by atoms with van der Waals surface area (Å²) >= 11 is 0. The molecule has 0 aromatic heterocycles. The molecular weight excluding hydrogens is 861 g/mol. The van der Waals surface area contributed by atoms with Crippen molar-refractivity contribution in [3.8, 4) is 0 Å². The zero-order valence-corrected chi connectivity index (χ0v) is 43.1. The molecule has 0 amide bonds. The first-order valence-electron chi connectivity index (χ1n) is 27.4. The summed E-state index contributed by atoms with van der Waals surface area (Å²) < 4.78 is 59.3. The highest BCUT2D eigenvalue weighted by Crippen LogP contribution is 2.26. The number of carbonyl (C=O) groups excluding carboxylic acids is 1. The number of ether oxygens (including phenoxy) is 4. The zero-order valence-electron chi connectivity index (χ0n) is 42.3. The summed E-state index contributed by atoms with van der Waals surface area (Å²) in [6, 6.07) is 0. The maximum atomic E-state index is 12.9. The fraction of sp³-hybridized carbons (Fsp3) is 0.943. The van der Waals surface area contributed by atoms with E-state index in [9.17, 15) is 33.1 Å². The Kier molecular flexibility index (Phi) is 42.9. The highest BCUT2D eigenvalue weighted by molar-refractivity contribution is 7.80. The average Bonchev–Trinajstić information content (AvgIpc) is 3.29. The molecule has 0 saturated carbocycles. The van der Waals surface area contributed by atoms with Crippen LogP contribution >= 0.6 is 0 Å². The Morgan fingerprint density at radius 2 is 0.955 bits per heavy atom. The van der Waals surface area contributed by atoms with E-state index in [-0.39, 0.29) is 19.6 Å². The van der Waals surface area contributed by atoms with Gasteiger partial charge in [-0.15, -0.1) is 0 Å². The van der Waals surface area contributed by atoms with Gasteiger partial charge in [0, 0.05) is 13.0 Å². The SMILES string of the molecule is CCCCCCCC/C=C\CCCCCCCCCC(=O)OC(COCCCCCCCCCCCCCCCCCCCCCCCC)COC1OC(CO)C(O)C(OS(=O)(=O)O)C1O. The standard InChI is InChI=1S/C53H102O12S/c1-3-5-7-9-11-13-15-17-19-21-22-23-24-25-27-29-31-33-35-37-39-41-43-61-45-47(46-62-53-51(57)52(65-66(58,59)60)50(56)48(44-54)64-53)63-49(55)42-40-38-36-34-32-30-28-26-20-18-16-14-12-10-8-6-4-2/h18,20,47-48,50-54,56-57H,3-17,19,21-46H2,1-2H3,(H,58,59,60)/b20-18-. The van der Waals surface area contributed by atoms with Crippen LogP contribution in [0.4, 0.5) is 0 Å². The molecule has 13 heteroatoms. The van der Waals surface area contributed by atoms with Crippen molar-refractivity contribution in [3.05, 3.63) is 12.2 Å². The first kappa shape index (κ1) is 62.9. The first-order valence-corrected chi connectivity index (χ1v) is 28.8. The topological polar surface area (TPSA) is 178 Å². The van der Waals surface area contributed by atoms with Gasteiger partial charge in [-0.2, -0.15) is 8.42 Å². The van der Waals surface area contributed by atoms with Gasteiger partial charge in [0.25, 0.3) is 0 Å². The van der Waals surface area contributed by atoms with E-state index in [0.717, 1.165) is 44.9 Å². The van der Waals surface area contributed by atoms with Crippen LogP contribution in [-0.4, -0.2) is 97.5 Å². The van der Waals surface area contributed by atoms with Crippen LogP contribution in [0, 0.1) is 0 Å². The van der Waals surface area contributed by atoms with Crippen molar-refractivity contribution in [1.29, 1.82) is 0 Å². The van der Waals surface area contributed by atoms with Crippen LogP contribution in [0.1, 0.15) is 258 Å². The molecule has 0 aromatic carbocycles. The van der Waals surface area contributed by atoms with Gasteiger partial charge in [0.05, 0.1) is 19.8 Å². The fourth-order valence-corrected chi connectivity index (χ4v) is 9.24. The van der Waals surface area contributed by atoms with E-state index < -0.39 is 59.8 Å². The van der Waals surface area contributed by atoms with Crippen LogP contribution in [0.2, 0.25) is 0 Å². The molecular formula is C53H102O12S. The molecule has 6 unspecified atom stereocenters. The molecule has 6 atom stereocenters. The minimum absolute atomic E-state index is 0.0407. The quantitative estimate of drug-likeness (QED) is 0.0197. The normalized spacial score (nSPS) is 19.5. The maximum absolute atomic E-state index is 12.9. The smallest absolute Gasteiger partial charge is 0.397 e. The van der Waals surface area contributed by atoms with E-state index in [2.05, 4.69) is 30.2 Å². The molecule has 1 aliphatic rings. The Bertz CT molecular complexity index is 1200. The molecule has 392 valence electrons. The van der Waals surface area contributed by atoms with Crippen LogP contribution in [0.3, 0.4) is 0 Å². The Labute approximate surface area is 404 Å². The number of hydrogen-bond acceptors (Lipinski definition) is 11. The molecule has 0 aromatic rings. The molecule has 0 bridgehead atoms. The van der Waals surface area contributed by atoms with E-state index in [1.165, 1.54) is 186 Å². The van der Waals surface area contributed by atoms with E-state index in [1.807, 2.05) is 0 Å². The molecule has 4 N–H and O–H groups in total. The maximum Gasteiger partial charge on any atom is 0.397 e. The summed E-state index contributed by atoms with van der Waals surface area (Å²) in [7, 11) is -5.06. The molecule has 0 spiro atoms. The van der Waals surface area contributed by atoms with Gasteiger partial charge in [-0.25, -0.2) is 4.18 Å². The first-order chi connectivity index (χ1) is 32.1. The largest absolute Gasteiger partial charge is 0.457 e. The van der Waals surface area contributed by atoms with Crippen molar-refractivity contribution >= 4 is 16.4 Å². The summed E-state index contributed by atoms with van der Waals surface area (Å²) in [5.41, 5.74) is 0. The Balaban J connectivity index is 2.31. The Morgan fingerprint density at radius 1 is 0.561 bits per heavy atom. The lowest BCUT2D eigenvalue weighted by atomic mass is 9.99. The molecule has 12 nitrogen and oxygen atoms in total. The summed E-state index contributed by atoms with van der Waals surface area (Å²) in [4.78, 5) is 12.9. The van der Waals surface area contributed by atoms with Gasteiger partial charge in [-0.1, -0.05) is 225 Å². The minimum atomic E-state index is -5.06. The average molecular weight is 963 g/mol. The van der Waals surface area contributed by atoms with Crippen molar-refractivity contribution in [2.75, 3.05) is 26.4 Å².